The number of hydrogen-bond acceptors (Lipinski definition) is 7. The lowest BCUT2D eigenvalue weighted by atomic mass is 10.2. The van der Waals surface area contributed by atoms with Crippen LogP contribution in [0.3, 0.4) is 0 Å². The van der Waals surface area contributed by atoms with E-state index in [2.05, 4.69) is 15.3 Å². The van der Waals surface area contributed by atoms with Crippen LogP contribution in [-0.4, -0.2) is 38.6 Å². The van der Waals surface area contributed by atoms with Gasteiger partial charge in [-0.15, -0.1) is 0 Å². The van der Waals surface area contributed by atoms with Crippen LogP contribution in [-0.2, 0) is 14.6 Å². The highest BCUT2D eigenvalue weighted by atomic mass is 35.5. The molecule has 3 rings (SSSR count). The Morgan fingerprint density at radius 2 is 1.79 bits per heavy atom. The van der Waals surface area contributed by atoms with Crippen molar-refractivity contribution in [3.05, 3.63) is 59.2 Å². The molecule has 9 heteroatoms. The molecule has 1 atom stereocenters. The van der Waals surface area contributed by atoms with Crippen LogP contribution in [0.5, 0.6) is 0 Å². The molecule has 0 unspecified atom stereocenters. The average molecular weight is 417 g/mol. The monoisotopic (exact) mass is 416 g/mol. The topological polar surface area (TPSA) is 105 Å². The van der Waals surface area contributed by atoms with Gasteiger partial charge in [-0.25, -0.2) is 18.4 Å². The molecule has 1 heterocycles. The summed E-state index contributed by atoms with van der Waals surface area (Å²) >= 11 is 5.85. The molecule has 1 aromatic heterocycles. The van der Waals surface area contributed by atoms with Gasteiger partial charge in [0, 0.05) is 18.7 Å². The zero-order valence-electron chi connectivity index (χ0n) is 15.0. The maximum absolute atomic E-state index is 13.1. The zero-order chi connectivity index (χ0) is 20.1. The van der Waals surface area contributed by atoms with Crippen molar-refractivity contribution in [1.82, 2.24) is 9.97 Å². The molecule has 0 spiro atoms. The fraction of sp³-hybridized carbons (Fsp3) is 0.211. The van der Waals surface area contributed by atoms with Crippen LogP contribution < -0.4 is 5.32 Å². The Morgan fingerprint density at radius 1 is 1.14 bits per heavy atom. The Bertz CT molecular complexity index is 1130. The summed E-state index contributed by atoms with van der Waals surface area (Å²) in [5.41, 5.74) is 1.14. The van der Waals surface area contributed by atoms with Gasteiger partial charge in [-0.1, -0.05) is 23.7 Å². The van der Waals surface area contributed by atoms with Crippen LogP contribution in [0.2, 0.25) is 5.02 Å². The van der Waals surface area contributed by atoms with E-state index in [0.29, 0.717) is 29.2 Å². The number of halogens is 1. The standard InChI is InChI=1S/C19H17ClN4O3S/c1-27-11-10-22-19-18(23-15-4-2-3-5-16(15)24-19)17(12-21)28(25,26)14-8-6-13(20)7-9-14/h2-9,17H,10-11H2,1H3,(H,22,24)/t17-/m1/s1. The van der Waals surface area contributed by atoms with Gasteiger partial charge in [0.1, 0.15) is 5.69 Å². The number of rotatable bonds is 7. The number of benzene rings is 2. The van der Waals surface area contributed by atoms with Crippen LogP contribution in [0.15, 0.2) is 53.4 Å². The first-order valence-corrected chi connectivity index (χ1v) is 10.3. The minimum Gasteiger partial charge on any atom is -0.383 e. The number of sulfone groups is 1. The first-order chi connectivity index (χ1) is 13.5. The summed E-state index contributed by atoms with van der Waals surface area (Å²) in [6.45, 7) is 0.769. The lowest BCUT2D eigenvalue weighted by Gasteiger charge is -2.16. The summed E-state index contributed by atoms with van der Waals surface area (Å²) < 4.78 is 31.2. The van der Waals surface area contributed by atoms with Crippen LogP contribution in [0.25, 0.3) is 11.0 Å². The van der Waals surface area contributed by atoms with E-state index in [1.54, 1.807) is 25.3 Å². The van der Waals surface area contributed by atoms with Gasteiger partial charge in [0.25, 0.3) is 0 Å². The number of nitriles is 1. The maximum Gasteiger partial charge on any atom is 0.200 e. The summed E-state index contributed by atoms with van der Waals surface area (Å²) in [6, 6.07) is 14.6. The Balaban J connectivity index is 2.13. The minimum atomic E-state index is -4.04. The van der Waals surface area contributed by atoms with E-state index in [-0.39, 0.29) is 16.4 Å². The molecular weight excluding hydrogens is 400 g/mol. The summed E-state index contributed by atoms with van der Waals surface area (Å²) in [5.74, 6) is 0.236. The smallest absolute Gasteiger partial charge is 0.200 e. The Kier molecular flexibility index (Phi) is 6.09. The van der Waals surface area contributed by atoms with Crippen molar-refractivity contribution in [2.75, 3.05) is 25.6 Å². The molecule has 0 saturated carbocycles. The van der Waals surface area contributed by atoms with Crippen molar-refractivity contribution in [2.45, 2.75) is 10.1 Å². The second-order valence-electron chi connectivity index (χ2n) is 5.87. The third kappa shape index (κ3) is 4.07. The van der Waals surface area contributed by atoms with Gasteiger partial charge in [0.05, 0.1) is 28.6 Å². The number of hydrogen-bond donors (Lipinski definition) is 1. The fourth-order valence-electron chi connectivity index (χ4n) is 2.64. The Morgan fingerprint density at radius 3 is 2.39 bits per heavy atom. The van der Waals surface area contributed by atoms with Gasteiger partial charge < -0.3 is 10.1 Å². The first kappa shape index (κ1) is 20.0. The quantitative estimate of drug-likeness (QED) is 0.588. The molecule has 0 fully saturated rings. The number of nitrogens with one attached hydrogen (secondary N) is 1. The normalized spacial score (nSPS) is 12.5. The SMILES string of the molecule is COCCNc1nc2ccccc2nc1[C@@H](C#N)S(=O)(=O)c1ccc(Cl)cc1. The lowest BCUT2D eigenvalue weighted by Crippen LogP contribution is -2.18. The Labute approximate surface area is 167 Å². The van der Waals surface area contributed by atoms with Crippen LogP contribution in [0.4, 0.5) is 5.82 Å². The van der Waals surface area contributed by atoms with E-state index in [1.807, 2.05) is 12.1 Å². The van der Waals surface area contributed by atoms with Crippen molar-refractivity contribution in [1.29, 1.82) is 5.26 Å². The molecule has 0 aliphatic heterocycles. The molecule has 0 amide bonds. The van der Waals surface area contributed by atoms with E-state index in [9.17, 15) is 13.7 Å². The fourth-order valence-corrected chi connectivity index (χ4v) is 4.15. The molecule has 1 N–H and O–H groups in total. The van der Waals surface area contributed by atoms with Crippen molar-refractivity contribution < 1.29 is 13.2 Å². The van der Waals surface area contributed by atoms with Crippen LogP contribution >= 0.6 is 11.6 Å². The average Bonchev–Trinajstić information content (AvgIpc) is 2.69. The van der Waals surface area contributed by atoms with Gasteiger partial charge in [0.15, 0.2) is 11.1 Å². The molecule has 0 saturated heterocycles. The highest BCUT2D eigenvalue weighted by Crippen LogP contribution is 2.32. The molecule has 0 aliphatic rings. The molecule has 0 aliphatic carbocycles. The number of aromatic nitrogens is 2. The van der Waals surface area contributed by atoms with Crippen LogP contribution in [0.1, 0.15) is 10.9 Å². The predicted octanol–water partition coefficient (Wildman–Crippen LogP) is 3.38. The summed E-state index contributed by atoms with van der Waals surface area (Å²) in [5, 5.41) is 11.6. The predicted molar refractivity (Wildman–Crippen MR) is 107 cm³/mol. The van der Waals surface area contributed by atoms with Gasteiger partial charge >= 0.3 is 0 Å². The molecule has 3 aromatic rings. The van der Waals surface area contributed by atoms with Gasteiger partial charge in [-0.2, -0.15) is 5.26 Å². The molecule has 28 heavy (non-hydrogen) atoms. The van der Waals surface area contributed by atoms with Crippen molar-refractivity contribution in [2.24, 2.45) is 0 Å². The summed E-state index contributed by atoms with van der Waals surface area (Å²) in [7, 11) is -2.48. The van der Waals surface area contributed by atoms with Crippen LogP contribution in [0, 0.1) is 11.3 Å². The Hall–Kier alpha value is -2.73. The number of methoxy groups -OCH3 is 1. The highest BCUT2D eigenvalue weighted by molar-refractivity contribution is 7.92. The second-order valence-corrected chi connectivity index (χ2v) is 8.34. The van der Waals surface area contributed by atoms with E-state index >= 15 is 0 Å². The molecule has 144 valence electrons. The highest BCUT2D eigenvalue weighted by Gasteiger charge is 2.33. The van der Waals surface area contributed by atoms with Gasteiger partial charge in [-0.3, -0.25) is 0 Å². The van der Waals surface area contributed by atoms with E-state index < -0.39 is 15.1 Å². The van der Waals surface area contributed by atoms with E-state index in [1.165, 1.54) is 24.3 Å². The summed E-state index contributed by atoms with van der Waals surface area (Å²) in [6.07, 6.45) is 0. The molecule has 2 aromatic carbocycles. The molecule has 0 radical (unpaired) electrons. The minimum absolute atomic E-state index is 0.0127. The third-order valence-corrected chi connectivity index (χ3v) is 6.14. The number of ether oxygens (including phenoxy) is 1. The molecule has 0 bridgehead atoms. The van der Waals surface area contributed by atoms with Crippen molar-refractivity contribution >= 4 is 38.3 Å². The third-order valence-electron chi connectivity index (χ3n) is 4.01. The van der Waals surface area contributed by atoms with Gasteiger partial charge in [-0.05, 0) is 36.4 Å². The summed E-state index contributed by atoms with van der Waals surface area (Å²) in [4.78, 5) is 8.90. The van der Waals surface area contributed by atoms with Crippen molar-refractivity contribution in [3.63, 3.8) is 0 Å². The second kappa shape index (κ2) is 8.52. The molecule has 7 nitrogen and oxygen atoms in total. The lowest BCUT2D eigenvalue weighted by molar-refractivity contribution is 0.210. The van der Waals surface area contributed by atoms with Crippen molar-refractivity contribution in [3.8, 4) is 6.07 Å². The number of para-hydroxylation sites is 2. The van der Waals surface area contributed by atoms with Gasteiger partial charge in [0.2, 0.25) is 9.84 Å². The number of anilines is 1. The van der Waals surface area contributed by atoms with E-state index in [4.69, 9.17) is 16.3 Å². The largest absolute Gasteiger partial charge is 0.383 e. The molecular formula is C19H17ClN4O3S. The van der Waals surface area contributed by atoms with E-state index in [0.717, 1.165) is 0 Å². The number of fused-ring (bicyclic) bond motifs is 1. The first-order valence-electron chi connectivity index (χ1n) is 8.36. The zero-order valence-corrected chi connectivity index (χ0v) is 16.5. The number of nitrogens with zero attached hydrogens (tertiary/aromatic N) is 3. The maximum atomic E-state index is 13.1.